The SMILES string of the molecule is CC1(C)CCC2CC[C@]3(C)C(=CCC4[C@@]5(C)CCCC(C)(C)C5CC[C@]43C)[C@@H]2C1. The lowest BCUT2D eigenvalue weighted by molar-refractivity contribution is -0.175. The van der Waals surface area contributed by atoms with Gasteiger partial charge in [0.1, 0.15) is 0 Å². The monoisotopic (exact) mass is 396 g/mol. The molecule has 29 heavy (non-hydrogen) atoms. The topological polar surface area (TPSA) is 0 Å². The van der Waals surface area contributed by atoms with Crippen LogP contribution in [0.2, 0.25) is 0 Å². The van der Waals surface area contributed by atoms with Crippen molar-refractivity contribution in [1.82, 2.24) is 0 Å². The minimum absolute atomic E-state index is 0.458. The van der Waals surface area contributed by atoms with Crippen molar-refractivity contribution in [2.45, 2.75) is 119 Å². The average Bonchev–Trinajstić information content (AvgIpc) is 2.60. The first-order chi connectivity index (χ1) is 13.4. The second-order valence-corrected chi connectivity index (χ2v) is 14.4. The highest BCUT2D eigenvalue weighted by molar-refractivity contribution is 5.32. The van der Waals surface area contributed by atoms with Crippen LogP contribution in [0.1, 0.15) is 119 Å². The van der Waals surface area contributed by atoms with E-state index in [1.807, 2.05) is 5.57 Å². The van der Waals surface area contributed by atoms with Crippen LogP contribution >= 0.6 is 0 Å². The van der Waals surface area contributed by atoms with Crippen LogP contribution in [0, 0.1) is 50.7 Å². The Balaban J connectivity index is 1.56. The molecular weight excluding hydrogens is 348 g/mol. The summed E-state index contributed by atoms with van der Waals surface area (Å²) in [4.78, 5) is 0. The number of hydrogen-bond donors (Lipinski definition) is 0. The molecule has 0 saturated heterocycles. The third-order valence-corrected chi connectivity index (χ3v) is 12.2. The minimum Gasteiger partial charge on any atom is -0.0842 e. The van der Waals surface area contributed by atoms with Crippen LogP contribution in [-0.4, -0.2) is 0 Å². The van der Waals surface area contributed by atoms with E-state index >= 15 is 0 Å². The Morgan fingerprint density at radius 2 is 1.48 bits per heavy atom. The molecule has 3 unspecified atom stereocenters. The predicted molar refractivity (Wildman–Crippen MR) is 125 cm³/mol. The highest BCUT2D eigenvalue weighted by Gasteiger charge is 2.65. The maximum Gasteiger partial charge on any atom is -0.00567 e. The molecule has 0 aliphatic heterocycles. The van der Waals surface area contributed by atoms with Crippen molar-refractivity contribution >= 4 is 0 Å². The van der Waals surface area contributed by atoms with E-state index < -0.39 is 0 Å². The maximum atomic E-state index is 2.85. The normalized spacial score (nSPS) is 53.0. The maximum absolute atomic E-state index is 2.85. The second kappa shape index (κ2) is 6.16. The van der Waals surface area contributed by atoms with Crippen LogP contribution in [0.5, 0.6) is 0 Å². The van der Waals surface area contributed by atoms with Crippen molar-refractivity contribution in [2.75, 3.05) is 0 Å². The fourth-order valence-electron chi connectivity index (χ4n) is 10.5. The van der Waals surface area contributed by atoms with Gasteiger partial charge in [-0.05, 0) is 115 Å². The van der Waals surface area contributed by atoms with E-state index in [4.69, 9.17) is 0 Å². The van der Waals surface area contributed by atoms with Gasteiger partial charge in [-0.1, -0.05) is 66.5 Å². The molecule has 5 rings (SSSR count). The standard InChI is InChI=1S/C29H48/c1-25(2)16-11-20-12-17-28(6)22(21(20)19-25)9-10-24-27(5)15-8-14-26(3,4)23(27)13-18-29(24,28)7/h9,20-21,23-24H,8,10-19H2,1-7H3/t20?,21-,23?,24?,27+,28-,29-/m1/s1. The molecule has 5 aliphatic carbocycles. The van der Waals surface area contributed by atoms with Crippen LogP contribution in [0.4, 0.5) is 0 Å². The van der Waals surface area contributed by atoms with Gasteiger partial charge in [-0.25, -0.2) is 0 Å². The summed E-state index contributed by atoms with van der Waals surface area (Å²) in [6.45, 7) is 18.5. The van der Waals surface area contributed by atoms with Crippen LogP contribution in [0.3, 0.4) is 0 Å². The molecule has 0 aromatic rings. The molecule has 4 fully saturated rings. The zero-order valence-electron chi connectivity index (χ0n) is 20.7. The van der Waals surface area contributed by atoms with Gasteiger partial charge in [0.05, 0.1) is 0 Å². The third-order valence-electron chi connectivity index (χ3n) is 12.2. The first kappa shape index (κ1) is 20.6. The largest absolute Gasteiger partial charge is 0.0842 e. The lowest BCUT2D eigenvalue weighted by atomic mass is 9.35. The first-order valence-electron chi connectivity index (χ1n) is 13.1. The molecule has 0 heterocycles. The molecule has 0 heteroatoms. The van der Waals surface area contributed by atoms with Crippen molar-refractivity contribution in [3.63, 3.8) is 0 Å². The van der Waals surface area contributed by atoms with Gasteiger partial charge >= 0.3 is 0 Å². The van der Waals surface area contributed by atoms with Gasteiger partial charge in [0, 0.05) is 0 Å². The van der Waals surface area contributed by atoms with Gasteiger partial charge in [0.15, 0.2) is 0 Å². The molecule has 0 nitrogen and oxygen atoms in total. The Bertz CT molecular complexity index is 710. The van der Waals surface area contributed by atoms with Crippen LogP contribution in [-0.2, 0) is 0 Å². The van der Waals surface area contributed by atoms with Crippen molar-refractivity contribution in [3.05, 3.63) is 11.6 Å². The van der Waals surface area contributed by atoms with E-state index in [0.29, 0.717) is 27.1 Å². The second-order valence-electron chi connectivity index (χ2n) is 14.4. The zero-order chi connectivity index (χ0) is 20.9. The van der Waals surface area contributed by atoms with E-state index in [9.17, 15) is 0 Å². The molecule has 4 saturated carbocycles. The fraction of sp³-hybridized carbons (Fsp3) is 0.931. The van der Waals surface area contributed by atoms with Crippen LogP contribution in [0.25, 0.3) is 0 Å². The number of rotatable bonds is 0. The Labute approximate surface area is 181 Å². The molecule has 7 atom stereocenters. The van der Waals surface area contributed by atoms with Gasteiger partial charge in [-0.2, -0.15) is 0 Å². The van der Waals surface area contributed by atoms with Gasteiger partial charge < -0.3 is 0 Å². The minimum atomic E-state index is 0.458. The van der Waals surface area contributed by atoms with E-state index in [0.717, 1.165) is 23.7 Å². The molecule has 0 bridgehead atoms. The number of fused-ring (bicyclic) bond motifs is 7. The summed E-state index contributed by atoms with van der Waals surface area (Å²) in [6, 6.07) is 0. The first-order valence-corrected chi connectivity index (χ1v) is 13.1. The fourth-order valence-corrected chi connectivity index (χ4v) is 10.5. The Hall–Kier alpha value is -0.260. The van der Waals surface area contributed by atoms with Gasteiger partial charge in [0.2, 0.25) is 0 Å². The zero-order valence-corrected chi connectivity index (χ0v) is 20.7. The molecule has 5 aliphatic rings. The smallest absolute Gasteiger partial charge is 0.00567 e. The average molecular weight is 397 g/mol. The summed E-state index contributed by atoms with van der Waals surface area (Å²) in [5.74, 6) is 3.71. The van der Waals surface area contributed by atoms with Gasteiger partial charge in [0.25, 0.3) is 0 Å². The summed E-state index contributed by atoms with van der Waals surface area (Å²) < 4.78 is 0. The molecular formula is C29H48. The number of hydrogen-bond acceptors (Lipinski definition) is 0. The highest BCUT2D eigenvalue weighted by atomic mass is 14.7. The van der Waals surface area contributed by atoms with Crippen LogP contribution < -0.4 is 0 Å². The Morgan fingerprint density at radius 3 is 2.24 bits per heavy atom. The molecule has 0 radical (unpaired) electrons. The van der Waals surface area contributed by atoms with E-state index in [-0.39, 0.29) is 0 Å². The molecule has 0 amide bonds. The lowest BCUT2D eigenvalue weighted by Crippen LogP contribution is -2.62. The summed E-state index contributed by atoms with van der Waals surface area (Å²) in [7, 11) is 0. The predicted octanol–water partition coefficient (Wildman–Crippen LogP) is 8.81. The summed E-state index contributed by atoms with van der Waals surface area (Å²) >= 11 is 0. The van der Waals surface area contributed by atoms with Crippen molar-refractivity contribution in [1.29, 1.82) is 0 Å². The van der Waals surface area contributed by atoms with Crippen molar-refractivity contribution < 1.29 is 0 Å². The third kappa shape index (κ3) is 2.68. The summed E-state index contributed by atoms with van der Waals surface area (Å²) in [5.41, 5.74) is 4.57. The molecule has 0 N–H and O–H groups in total. The van der Waals surface area contributed by atoms with E-state index in [1.165, 1.54) is 70.6 Å². The van der Waals surface area contributed by atoms with Crippen molar-refractivity contribution in [3.8, 4) is 0 Å². The molecule has 0 aromatic carbocycles. The Kier molecular flexibility index (Phi) is 4.38. The highest BCUT2D eigenvalue weighted by Crippen LogP contribution is 2.74. The molecule has 0 spiro atoms. The van der Waals surface area contributed by atoms with Gasteiger partial charge in [-0.3, -0.25) is 0 Å². The molecule has 164 valence electrons. The van der Waals surface area contributed by atoms with Gasteiger partial charge in [-0.15, -0.1) is 0 Å². The summed E-state index contributed by atoms with van der Waals surface area (Å²) in [5, 5.41) is 0. The summed E-state index contributed by atoms with van der Waals surface area (Å²) in [6.07, 6.45) is 19.0. The van der Waals surface area contributed by atoms with E-state index in [1.54, 1.807) is 0 Å². The van der Waals surface area contributed by atoms with E-state index in [2.05, 4.69) is 54.5 Å². The van der Waals surface area contributed by atoms with Crippen molar-refractivity contribution in [2.24, 2.45) is 50.7 Å². The van der Waals surface area contributed by atoms with Crippen LogP contribution in [0.15, 0.2) is 11.6 Å². The quantitative estimate of drug-likeness (QED) is 0.359. The lowest BCUT2D eigenvalue weighted by Gasteiger charge is -2.70. The Morgan fingerprint density at radius 1 is 0.759 bits per heavy atom. The molecule has 0 aromatic heterocycles. The number of allylic oxidation sites excluding steroid dienone is 2.